The number of nitrogens with one attached hydrogen (secondary N) is 1. The standard InChI is InChI=1S/C28H21N3O2/c1-18-14-15-31-17-23(30-26(31)16-18)19-10-12-20(13-11-19)29-28(32)27-21-6-2-4-8-24(21)33-25-9-5-3-7-22(25)27/h2-17,27H,1H3,(H,29,32). The van der Waals surface area contributed by atoms with E-state index < -0.39 is 5.92 Å². The Kier molecular flexibility index (Phi) is 4.47. The van der Waals surface area contributed by atoms with Crippen LogP contribution in [0.5, 0.6) is 11.5 Å². The summed E-state index contributed by atoms with van der Waals surface area (Å²) in [7, 11) is 0. The van der Waals surface area contributed by atoms with Crippen molar-refractivity contribution < 1.29 is 9.53 Å². The van der Waals surface area contributed by atoms with Crippen LogP contribution in [-0.2, 0) is 4.79 Å². The number of pyridine rings is 1. The van der Waals surface area contributed by atoms with Crippen molar-refractivity contribution >= 4 is 17.2 Å². The molecule has 1 amide bonds. The fourth-order valence-corrected chi connectivity index (χ4v) is 4.35. The molecule has 5 heteroatoms. The highest BCUT2D eigenvalue weighted by Gasteiger charge is 2.32. The molecule has 0 atom stereocenters. The number of hydrogen-bond acceptors (Lipinski definition) is 3. The second kappa shape index (κ2) is 7.64. The van der Waals surface area contributed by atoms with Crippen molar-refractivity contribution in [2.24, 2.45) is 0 Å². The van der Waals surface area contributed by atoms with Gasteiger partial charge in [0.05, 0.1) is 11.6 Å². The zero-order valence-electron chi connectivity index (χ0n) is 18.0. The van der Waals surface area contributed by atoms with Crippen LogP contribution in [0.15, 0.2) is 97.3 Å². The number of benzene rings is 3. The van der Waals surface area contributed by atoms with Crippen LogP contribution in [0.25, 0.3) is 16.9 Å². The Morgan fingerprint density at radius 3 is 2.27 bits per heavy atom. The van der Waals surface area contributed by atoms with Gasteiger partial charge in [-0.15, -0.1) is 0 Å². The molecule has 0 saturated carbocycles. The lowest BCUT2D eigenvalue weighted by atomic mass is 9.87. The van der Waals surface area contributed by atoms with Gasteiger partial charge in [0.25, 0.3) is 0 Å². The topological polar surface area (TPSA) is 55.6 Å². The first-order chi connectivity index (χ1) is 16.2. The van der Waals surface area contributed by atoms with Gasteiger partial charge in [-0.25, -0.2) is 4.98 Å². The average Bonchev–Trinajstić information content (AvgIpc) is 3.26. The van der Waals surface area contributed by atoms with Gasteiger partial charge in [0, 0.05) is 34.8 Å². The SMILES string of the molecule is Cc1ccn2cc(-c3ccc(NC(=O)C4c5ccccc5Oc5ccccc54)cc3)nc2c1. The predicted octanol–water partition coefficient (Wildman–Crippen LogP) is 6.19. The van der Waals surface area contributed by atoms with Crippen molar-refractivity contribution in [2.45, 2.75) is 12.8 Å². The maximum atomic E-state index is 13.4. The second-order valence-corrected chi connectivity index (χ2v) is 8.27. The molecule has 33 heavy (non-hydrogen) atoms. The summed E-state index contributed by atoms with van der Waals surface area (Å²) < 4.78 is 8.03. The maximum absolute atomic E-state index is 13.4. The number of anilines is 1. The number of fused-ring (bicyclic) bond motifs is 3. The van der Waals surface area contributed by atoms with Crippen molar-refractivity contribution in [1.82, 2.24) is 9.38 Å². The number of aryl methyl sites for hydroxylation is 1. The van der Waals surface area contributed by atoms with Gasteiger partial charge >= 0.3 is 0 Å². The van der Waals surface area contributed by atoms with E-state index in [0.717, 1.165) is 33.7 Å². The van der Waals surface area contributed by atoms with Crippen LogP contribution in [-0.4, -0.2) is 15.3 Å². The molecule has 6 rings (SSSR count). The Morgan fingerprint density at radius 1 is 0.909 bits per heavy atom. The fourth-order valence-electron chi connectivity index (χ4n) is 4.35. The van der Waals surface area contributed by atoms with Crippen LogP contribution in [0, 0.1) is 6.92 Å². The van der Waals surface area contributed by atoms with Crippen LogP contribution in [0.4, 0.5) is 5.69 Å². The average molecular weight is 431 g/mol. The van der Waals surface area contributed by atoms with Crippen molar-refractivity contribution in [3.05, 3.63) is 114 Å². The van der Waals surface area contributed by atoms with E-state index in [9.17, 15) is 4.79 Å². The number of imidazole rings is 1. The zero-order chi connectivity index (χ0) is 22.4. The normalized spacial score (nSPS) is 12.6. The minimum absolute atomic E-state index is 0.0887. The largest absolute Gasteiger partial charge is 0.457 e. The Balaban J connectivity index is 1.28. The molecule has 0 fully saturated rings. The molecular formula is C28H21N3O2. The van der Waals surface area contributed by atoms with E-state index in [-0.39, 0.29) is 5.91 Å². The number of carbonyl (C=O) groups excluding carboxylic acids is 1. The Labute approximate surface area is 191 Å². The lowest BCUT2D eigenvalue weighted by Gasteiger charge is -2.27. The van der Waals surface area contributed by atoms with Crippen molar-refractivity contribution in [2.75, 3.05) is 5.32 Å². The van der Waals surface area contributed by atoms with Crippen LogP contribution in [0.3, 0.4) is 0 Å². The summed E-state index contributed by atoms with van der Waals surface area (Å²) in [5, 5.41) is 3.09. The first-order valence-corrected chi connectivity index (χ1v) is 10.9. The molecule has 160 valence electrons. The van der Waals surface area contributed by atoms with Crippen LogP contribution < -0.4 is 10.1 Å². The predicted molar refractivity (Wildman–Crippen MR) is 129 cm³/mol. The van der Waals surface area contributed by atoms with E-state index in [4.69, 9.17) is 9.72 Å². The molecule has 5 aromatic rings. The van der Waals surface area contributed by atoms with E-state index >= 15 is 0 Å². The molecule has 0 unspecified atom stereocenters. The van der Waals surface area contributed by atoms with Crippen molar-refractivity contribution in [1.29, 1.82) is 0 Å². The second-order valence-electron chi connectivity index (χ2n) is 8.27. The highest BCUT2D eigenvalue weighted by Crippen LogP contribution is 2.44. The van der Waals surface area contributed by atoms with Gasteiger partial charge in [0.15, 0.2) is 0 Å². The zero-order valence-corrected chi connectivity index (χ0v) is 18.0. The van der Waals surface area contributed by atoms with E-state index in [1.54, 1.807) is 0 Å². The summed E-state index contributed by atoms with van der Waals surface area (Å²) in [6.45, 7) is 2.06. The third kappa shape index (κ3) is 3.44. The quantitative estimate of drug-likeness (QED) is 0.371. The summed E-state index contributed by atoms with van der Waals surface area (Å²) in [4.78, 5) is 18.1. The summed E-state index contributed by atoms with van der Waals surface area (Å²) in [5.74, 6) is 0.907. The van der Waals surface area contributed by atoms with Gasteiger partial charge in [0.1, 0.15) is 17.1 Å². The summed E-state index contributed by atoms with van der Waals surface area (Å²) >= 11 is 0. The fraction of sp³-hybridized carbons (Fsp3) is 0.0714. The molecule has 0 bridgehead atoms. The van der Waals surface area contributed by atoms with Gasteiger partial charge in [-0.05, 0) is 48.9 Å². The Morgan fingerprint density at radius 2 is 1.58 bits per heavy atom. The Bertz CT molecular complexity index is 1460. The molecule has 1 aliphatic rings. The molecule has 2 aromatic heterocycles. The van der Waals surface area contributed by atoms with Crippen molar-refractivity contribution in [3.8, 4) is 22.8 Å². The monoisotopic (exact) mass is 431 g/mol. The van der Waals surface area contributed by atoms with Gasteiger partial charge in [-0.3, -0.25) is 4.79 Å². The number of aromatic nitrogens is 2. The number of para-hydroxylation sites is 2. The molecule has 0 saturated heterocycles. The molecule has 0 spiro atoms. The lowest BCUT2D eigenvalue weighted by Crippen LogP contribution is -2.25. The molecule has 3 aromatic carbocycles. The highest BCUT2D eigenvalue weighted by molar-refractivity contribution is 5.99. The van der Waals surface area contributed by atoms with E-state index in [0.29, 0.717) is 11.5 Å². The first kappa shape index (κ1) is 19.3. The minimum atomic E-state index is -0.437. The maximum Gasteiger partial charge on any atom is 0.236 e. The molecule has 3 heterocycles. The van der Waals surface area contributed by atoms with Gasteiger partial charge < -0.3 is 14.5 Å². The van der Waals surface area contributed by atoms with Crippen LogP contribution >= 0.6 is 0 Å². The van der Waals surface area contributed by atoms with E-state index in [2.05, 4.69) is 24.4 Å². The van der Waals surface area contributed by atoms with Gasteiger partial charge in [-0.2, -0.15) is 0 Å². The van der Waals surface area contributed by atoms with Crippen LogP contribution in [0.1, 0.15) is 22.6 Å². The number of amides is 1. The third-order valence-electron chi connectivity index (χ3n) is 6.01. The third-order valence-corrected chi connectivity index (χ3v) is 6.01. The molecule has 0 aliphatic carbocycles. The number of carbonyl (C=O) groups is 1. The lowest BCUT2D eigenvalue weighted by molar-refractivity contribution is -0.116. The smallest absolute Gasteiger partial charge is 0.236 e. The highest BCUT2D eigenvalue weighted by atomic mass is 16.5. The first-order valence-electron chi connectivity index (χ1n) is 10.9. The number of rotatable bonds is 3. The Hall–Kier alpha value is -4.38. The minimum Gasteiger partial charge on any atom is -0.457 e. The van der Waals surface area contributed by atoms with Crippen LogP contribution in [0.2, 0.25) is 0 Å². The number of hydrogen-bond donors (Lipinski definition) is 1. The summed E-state index contributed by atoms with van der Waals surface area (Å²) in [5.41, 5.74) is 6.45. The van der Waals surface area contributed by atoms with E-state index in [1.807, 2.05) is 89.6 Å². The molecule has 0 radical (unpaired) electrons. The molecular weight excluding hydrogens is 410 g/mol. The van der Waals surface area contributed by atoms with E-state index in [1.165, 1.54) is 5.56 Å². The molecule has 5 nitrogen and oxygen atoms in total. The van der Waals surface area contributed by atoms with Crippen molar-refractivity contribution in [3.63, 3.8) is 0 Å². The van der Waals surface area contributed by atoms with Gasteiger partial charge in [0.2, 0.25) is 5.91 Å². The number of ether oxygens (including phenoxy) is 1. The van der Waals surface area contributed by atoms with Gasteiger partial charge in [-0.1, -0.05) is 48.5 Å². The molecule has 1 N–H and O–H groups in total. The summed E-state index contributed by atoms with van der Waals surface area (Å²) in [6, 6.07) is 27.3. The number of nitrogens with zero attached hydrogens (tertiary/aromatic N) is 2. The molecule has 1 aliphatic heterocycles. The summed E-state index contributed by atoms with van der Waals surface area (Å²) in [6.07, 6.45) is 4.03.